The Kier molecular flexibility index (Phi) is 3.22. The van der Waals surface area contributed by atoms with Gasteiger partial charge in [0.25, 0.3) is 0 Å². The molecule has 2 rings (SSSR count). The lowest BCUT2D eigenvalue weighted by Gasteiger charge is -2.05. The molecule has 0 aliphatic heterocycles. The van der Waals surface area contributed by atoms with Crippen molar-refractivity contribution >= 4 is 0 Å². The molecule has 2 aromatic rings. The average Bonchev–Trinajstić information content (AvgIpc) is 2.73. The molecule has 2 nitrogen and oxygen atoms in total. The van der Waals surface area contributed by atoms with E-state index < -0.39 is 11.6 Å². The van der Waals surface area contributed by atoms with Gasteiger partial charge < -0.3 is 0 Å². The predicted molar refractivity (Wildman–Crippen MR) is 61.8 cm³/mol. The third kappa shape index (κ3) is 2.52. The summed E-state index contributed by atoms with van der Waals surface area (Å²) in [7, 11) is 0. The molecule has 0 fully saturated rings. The Morgan fingerprint density at radius 1 is 1.18 bits per heavy atom. The number of nitrogens with zero attached hydrogens (tertiary/aromatic N) is 2. The van der Waals surface area contributed by atoms with E-state index in [-0.39, 0.29) is 5.56 Å². The first kappa shape index (κ1) is 11.8. The van der Waals surface area contributed by atoms with Crippen LogP contribution < -0.4 is 0 Å². The fourth-order valence-electron chi connectivity index (χ4n) is 1.65. The van der Waals surface area contributed by atoms with Crippen molar-refractivity contribution in [2.75, 3.05) is 0 Å². The predicted octanol–water partition coefficient (Wildman–Crippen LogP) is 3.08. The first-order valence-corrected chi connectivity index (χ1v) is 5.56. The number of hydrogen-bond acceptors (Lipinski definition) is 1. The standard InChI is InChI=1S/C13H14F2N2/c1-3-10-6-16-17(7-10)8-11-4-12(14)9(2)13(15)5-11/h4-7H,3,8H2,1-2H3. The van der Waals surface area contributed by atoms with Gasteiger partial charge in [0.15, 0.2) is 0 Å². The van der Waals surface area contributed by atoms with Crippen LogP contribution >= 0.6 is 0 Å². The lowest BCUT2D eigenvalue weighted by Crippen LogP contribution is -2.02. The van der Waals surface area contributed by atoms with Gasteiger partial charge in [0.05, 0.1) is 12.7 Å². The first-order valence-electron chi connectivity index (χ1n) is 5.56. The third-order valence-electron chi connectivity index (χ3n) is 2.78. The second-order valence-corrected chi connectivity index (χ2v) is 4.08. The molecular weight excluding hydrogens is 222 g/mol. The minimum Gasteiger partial charge on any atom is -0.268 e. The first-order chi connectivity index (χ1) is 8.10. The zero-order valence-corrected chi connectivity index (χ0v) is 9.87. The van der Waals surface area contributed by atoms with Crippen molar-refractivity contribution in [3.8, 4) is 0 Å². The molecular formula is C13H14F2N2. The van der Waals surface area contributed by atoms with Gasteiger partial charge in [-0.25, -0.2) is 8.78 Å². The summed E-state index contributed by atoms with van der Waals surface area (Å²) in [6.45, 7) is 3.85. The second-order valence-electron chi connectivity index (χ2n) is 4.08. The highest BCUT2D eigenvalue weighted by molar-refractivity contribution is 5.25. The quantitative estimate of drug-likeness (QED) is 0.800. The Labute approximate surface area is 98.9 Å². The van der Waals surface area contributed by atoms with E-state index in [9.17, 15) is 8.78 Å². The largest absolute Gasteiger partial charge is 0.268 e. The Bertz CT molecular complexity index is 509. The van der Waals surface area contributed by atoms with Crippen LogP contribution in [0.5, 0.6) is 0 Å². The third-order valence-corrected chi connectivity index (χ3v) is 2.78. The van der Waals surface area contributed by atoms with Crippen molar-refractivity contribution in [2.45, 2.75) is 26.8 Å². The maximum absolute atomic E-state index is 13.3. The van der Waals surface area contributed by atoms with E-state index in [0.717, 1.165) is 12.0 Å². The second kappa shape index (κ2) is 4.65. The molecule has 0 spiro atoms. The normalized spacial score (nSPS) is 10.8. The summed E-state index contributed by atoms with van der Waals surface area (Å²) in [5, 5.41) is 4.14. The van der Waals surface area contributed by atoms with Crippen LogP contribution in [0.4, 0.5) is 8.78 Å². The molecule has 0 saturated heterocycles. The lowest BCUT2D eigenvalue weighted by atomic mass is 10.1. The van der Waals surface area contributed by atoms with Gasteiger partial charge >= 0.3 is 0 Å². The Morgan fingerprint density at radius 3 is 2.35 bits per heavy atom. The van der Waals surface area contributed by atoms with Gasteiger partial charge in [0.1, 0.15) is 11.6 Å². The Hall–Kier alpha value is -1.71. The van der Waals surface area contributed by atoms with E-state index in [4.69, 9.17) is 0 Å². The molecule has 0 aliphatic carbocycles. The highest BCUT2D eigenvalue weighted by Gasteiger charge is 2.07. The number of aryl methyl sites for hydroxylation is 1. The summed E-state index contributed by atoms with van der Waals surface area (Å²) in [6.07, 6.45) is 4.55. The van der Waals surface area contributed by atoms with Crippen LogP contribution in [0.2, 0.25) is 0 Å². The molecule has 0 radical (unpaired) electrons. The van der Waals surface area contributed by atoms with Gasteiger partial charge in [-0.3, -0.25) is 4.68 Å². The fraction of sp³-hybridized carbons (Fsp3) is 0.308. The summed E-state index contributed by atoms with van der Waals surface area (Å²) >= 11 is 0. The summed E-state index contributed by atoms with van der Waals surface area (Å²) in [5.74, 6) is -1.02. The maximum atomic E-state index is 13.3. The SMILES string of the molecule is CCc1cnn(Cc2cc(F)c(C)c(F)c2)c1. The van der Waals surface area contributed by atoms with Gasteiger partial charge in [-0.2, -0.15) is 5.10 Å². The van der Waals surface area contributed by atoms with E-state index in [1.54, 1.807) is 10.9 Å². The van der Waals surface area contributed by atoms with Gasteiger partial charge in [0.2, 0.25) is 0 Å². The average molecular weight is 236 g/mol. The highest BCUT2D eigenvalue weighted by atomic mass is 19.1. The summed E-state index contributed by atoms with van der Waals surface area (Å²) in [4.78, 5) is 0. The van der Waals surface area contributed by atoms with Crippen LogP contribution in [-0.2, 0) is 13.0 Å². The minimum absolute atomic E-state index is 0.0588. The van der Waals surface area contributed by atoms with Crippen LogP contribution in [0.15, 0.2) is 24.5 Å². The van der Waals surface area contributed by atoms with E-state index in [2.05, 4.69) is 5.10 Å². The molecule has 0 atom stereocenters. The van der Waals surface area contributed by atoms with Crippen LogP contribution in [0.1, 0.15) is 23.6 Å². The van der Waals surface area contributed by atoms with Crippen molar-refractivity contribution in [3.63, 3.8) is 0 Å². The van der Waals surface area contributed by atoms with Crippen molar-refractivity contribution in [2.24, 2.45) is 0 Å². The topological polar surface area (TPSA) is 17.8 Å². The van der Waals surface area contributed by atoms with E-state index in [0.29, 0.717) is 12.1 Å². The van der Waals surface area contributed by atoms with Crippen molar-refractivity contribution < 1.29 is 8.78 Å². The summed E-state index contributed by atoms with van der Waals surface area (Å²) in [6, 6.07) is 2.71. The molecule has 1 aromatic heterocycles. The van der Waals surface area contributed by atoms with Crippen molar-refractivity contribution in [1.29, 1.82) is 0 Å². The van der Waals surface area contributed by atoms with Crippen LogP contribution in [0, 0.1) is 18.6 Å². The monoisotopic (exact) mass is 236 g/mol. The zero-order chi connectivity index (χ0) is 12.4. The number of hydrogen-bond donors (Lipinski definition) is 0. The van der Waals surface area contributed by atoms with E-state index in [1.165, 1.54) is 19.1 Å². The number of aromatic nitrogens is 2. The molecule has 0 N–H and O–H groups in total. The fourth-order valence-corrected chi connectivity index (χ4v) is 1.65. The van der Waals surface area contributed by atoms with Gasteiger partial charge in [-0.05, 0) is 36.6 Å². The lowest BCUT2D eigenvalue weighted by molar-refractivity contribution is 0.560. The molecule has 0 amide bonds. The molecule has 4 heteroatoms. The van der Waals surface area contributed by atoms with Crippen LogP contribution in [0.3, 0.4) is 0 Å². The highest BCUT2D eigenvalue weighted by Crippen LogP contribution is 2.15. The van der Waals surface area contributed by atoms with Gasteiger partial charge in [0, 0.05) is 11.8 Å². The zero-order valence-electron chi connectivity index (χ0n) is 9.87. The number of benzene rings is 1. The van der Waals surface area contributed by atoms with Crippen LogP contribution in [0.25, 0.3) is 0 Å². The van der Waals surface area contributed by atoms with E-state index in [1.807, 2.05) is 13.1 Å². The number of rotatable bonds is 3. The Morgan fingerprint density at radius 2 is 1.82 bits per heavy atom. The van der Waals surface area contributed by atoms with Gasteiger partial charge in [-0.1, -0.05) is 6.92 Å². The maximum Gasteiger partial charge on any atom is 0.129 e. The molecule has 0 unspecified atom stereocenters. The molecule has 1 aromatic carbocycles. The van der Waals surface area contributed by atoms with Crippen molar-refractivity contribution in [1.82, 2.24) is 9.78 Å². The van der Waals surface area contributed by atoms with E-state index >= 15 is 0 Å². The Balaban J connectivity index is 2.24. The summed E-state index contributed by atoms with van der Waals surface area (Å²) < 4.78 is 28.4. The minimum atomic E-state index is -0.511. The van der Waals surface area contributed by atoms with Crippen molar-refractivity contribution in [3.05, 3.63) is 52.9 Å². The van der Waals surface area contributed by atoms with Gasteiger partial charge in [-0.15, -0.1) is 0 Å². The smallest absolute Gasteiger partial charge is 0.129 e. The van der Waals surface area contributed by atoms with Crippen LogP contribution in [-0.4, -0.2) is 9.78 Å². The molecule has 90 valence electrons. The molecule has 0 bridgehead atoms. The molecule has 17 heavy (non-hydrogen) atoms. The molecule has 0 aliphatic rings. The number of halogens is 2. The molecule has 0 saturated carbocycles. The summed E-state index contributed by atoms with van der Waals surface area (Å²) in [5.41, 5.74) is 1.75. The molecule has 1 heterocycles.